The Hall–Kier alpha value is -2.43. The lowest BCUT2D eigenvalue weighted by Gasteiger charge is -2.37. The second-order valence-corrected chi connectivity index (χ2v) is 8.15. The predicted octanol–water partition coefficient (Wildman–Crippen LogP) is 3.68. The van der Waals surface area contributed by atoms with Crippen molar-refractivity contribution in [3.8, 4) is 6.07 Å². The molecule has 0 spiro atoms. The number of nitrogens with one attached hydrogen (secondary N) is 1. The van der Waals surface area contributed by atoms with Gasteiger partial charge < -0.3 is 19.5 Å². The lowest BCUT2D eigenvalue weighted by atomic mass is 10.0. The number of rotatable bonds is 8. The average Bonchev–Trinajstić information content (AvgIpc) is 3.04. The van der Waals surface area contributed by atoms with Crippen molar-refractivity contribution >= 4 is 16.8 Å². The molecule has 6 nitrogen and oxygen atoms in total. The third-order valence-corrected chi connectivity index (χ3v) is 5.78. The van der Waals surface area contributed by atoms with Gasteiger partial charge in [-0.15, -0.1) is 0 Å². The van der Waals surface area contributed by atoms with Gasteiger partial charge in [-0.3, -0.25) is 4.79 Å². The maximum atomic E-state index is 14.1. The summed E-state index contributed by atoms with van der Waals surface area (Å²) in [6.45, 7) is 6.86. The number of nitrogens with zero attached hydrogens (tertiary/aromatic N) is 3. The molecule has 1 saturated heterocycles. The summed E-state index contributed by atoms with van der Waals surface area (Å²) >= 11 is 0. The fraction of sp³-hybridized carbons (Fsp3) is 0.565. The van der Waals surface area contributed by atoms with E-state index in [2.05, 4.69) is 11.4 Å². The zero-order chi connectivity index (χ0) is 21.7. The highest BCUT2D eigenvalue weighted by atomic mass is 19.1. The van der Waals surface area contributed by atoms with Gasteiger partial charge in [0.25, 0.3) is 5.91 Å². The Labute approximate surface area is 177 Å². The van der Waals surface area contributed by atoms with Gasteiger partial charge in [0.1, 0.15) is 17.6 Å². The molecule has 1 aliphatic rings. The monoisotopic (exact) mass is 414 g/mol. The number of unbranched alkanes of at least 4 members (excludes halogenated alkanes) is 1. The summed E-state index contributed by atoms with van der Waals surface area (Å²) < 4.78 is 21.0. The van der Waals surface area contributed by atoms with Crippen molar-refractivity contribution in [2.24, 2.45) is 0 Å². The Bertz CT molecular complexity index is 925. The molecule has 0 saturated carbocycles. The minimum absolute atomic E-state index is 0.00867. The lowest BCUT2D eigenvalue weighted by molar-refractivity contribution is 0.0562. The number of carbonyl (C=O) groups excluding carboxylic acids is 1. The molecule has 0 bridgehead atoms. The number of aromatic nitrogens is 1. The summed E-state index contributed by atoms with van der Waals surface area (Å²) in [7, 11) is 1.65. The Morgan fingerprint density at radius 2 is 2.23 bits per heavy atom. The van der Waals surface area contributed by atoms with Crippen LogP contribution in [-0.2, 0) is 11.3 Å². The van der Waals surface area contributed by atoms with Crippen molar-refractivity contribution < 1.29 is 13.9 Å². The van der Waals surface area contributed by atoms with Crippen molar-refractivity contribution in [2.45, 2.75) is 58.2 Å². The Kier molecular flexibility index (Phi) is 7.46. The summed E-state index contributed by atoms with van der Waals surface area (Å²) in [5.74, 6) is -0.530. The molecule has 7 heteroatoms. The van der Waals surface area contributed by atoms with Crippen molar-refractivity contribution in [1.82, 2.24) is 14.8 Å². The fourth-order valence-electron chi connectivity index (χ4n) is 4.42. The number of hydrogen-bond acceptors (Lipinski definition) is 4. The standard InChI is InChI=1S/C23H31FN4O2/c1-16(2)28(18-7-6-10-26-15-18)23(29)22-20(14-25)19-9-8-17(24)13-21(19)27(22)11-4-5-12-30-3/h8-9,13,16,18,26H,4-7,10-12,15H2,1-3H3/t18-/m1/s1. The zero-order valence-corrected chi connectivity index (χ0v) is 18.1. The SMILES string of the molecule is COCCCCn1c(C(=O)N(C(C)C)[C@@H]2CCCNC2)c(C#N)c2ccc(F)cc21. The number of amides is 1. The van der Waals surface area contributed by atoms with Gasteiger partial charge in [0.05, 0.1) is 11.1 Å². The number of benzene rings is 1. The van der Waals surface area contributed by atoms with Crippen molar-refractivity contribution in [2.75, 3.05) is 26.8 Å². The number of halogens is 1. The summed E-state index contributed by atoms with van der Waals surface area (Å²) in [5, 5.41) is 13.9. The van der Waals surface area contributed by atoms with Gasteiger partial charge in [0.15, 0.2) is 0 Å². The molecule has 1 aliphatic heterocycles. The maximum absolute atomic E-state index is 14.1. The molecule has 1 atom stereocenters. The molecular weight excluding hydrogens is 383 g/mol. The molecular formula is C23H31FN4O2. The van der Waals surface area contributed by atoms with Crippen molar-refractivity contribution in [3.63, 3.8) is 0 Å². The first kappa shape index (κ1) is 22.3. The molecule has 3 rings (SSSR count). The molecule has 1 N–H and O–H groups in total. The first-order chi connectivity index (χ1) is 14.5. The first-order valence-electron chi connectivity index (χ1n) is 10.7. The number of piperidine rings is 1. The number of hydrogen-bond donors (Lipinski definition) is 1. The molecule has 0 aliphatic carbocycles. The molecule has 1 amide bonds. The summed E-state index contributed by atoms with van der Waals surface area (Å²) in [6.07, 6.45) is 3.53. The van der Waals surface area contributed by atoms with E-state index in [1.165, 1.54) is 12.1 Å². The van der Waals surface area contributed by atoms with Gasteiger partial charge >= 0.3 is 0 Å². The molecule has 162 valence electrons. The molecule has 1 aromatic heterocycles. The highest BCUT2D eigenvalue weighted by Gasteiger charge is 2.33. The van der Waals surface area contributed by atoms with Crippen LogP contribution in [0.5, 0.6) is 0 Å². The Morgan fingerprint density at radius 1 is 1.43 bits per heavy atom. The smallest absolute Gasteiger partial charge is 0.272 e. The number of aryl methyl sites for hydroxylation is 1. The van der Waals surface area contributed by atoms with E-state index in [-0.39, 0.29) is 23.8 Å². The third-order valence-electron chi connectivity index (χ3n) is 5.78. The second kappa shape index (κ2) is 10.1. The van der Waals surface area contributed by atoms with Crippen LogP contribution in [0.2, 0.25) is 0 Å². The lowest BCUT2D eigenvalue weighted by Crippen LogP contribution is -2.52. The number of fused-ring (bicyclic) bond motifs is 1. The van der Waals surface area contributed by atoms with E-state index in [0.717, 1.165) is 38.8 Å². The molecule has 0 radical (unpaired) electrons. The predicted molar refractivity (Wildman–Crippen MR) is 115 cm³/mol. The van der Waals surface area contributed by atoms with Crippen molar-refractivity contribution in [1.29, 1.82) is 5.26 Å². The number of carbonyl (C=O) groups is 1. The van der Waals surface area contributed by atoms with Gasteiger partial charge in [0, 0.05) is 44.3 Å². The Balaban J connectivity index is 2.09. The van der Waals surface area contributed by atoms with Gasteiger partial charge in [-0.05, 0) is 64.3 Å². The molecule has 30 heavy (non-hydrogen) atoms. The highest BCUT2D eigenvalue weighted by Crippen LogP contribution is 2.30. The Morgan fingerprint density at radius 3 is 2.87 bits per heavy atom. The largest absolute Gasteiger partial charge is 0.385 e. The molecule has 1 aromatic carbocycles. The minimum atomic E-state index is -0.376. The number of ether oxygens (including phenoxy) is 1. The molecule has 0 unspecified atom stereocenters. The maximum Gasteiger partial charge on any atom is 0.272 e. The zero-order valence-electron chi connectivity index (χ0n) is 18.1. The number of methoxy groups -OCH3 is 1. The third kappa shape index (κ3) is 4.50. The number of nitriles is 1. The van der Waals surface area contributed by atoms with Gasteiger partial charge in [-0.2, -0.15) is 5.26 Å². The van der Waals surface area contributed by atoms with Crippen LogP contribution in [0.25, 0.3) is 10.9 Å². The van der Waals surface area contributed by atoms with Crippen LogP contribution in [-0.4, -0.2) is 54.3 Å². The molecule has 1 fully saturated rings. The van der Waals surface area contributed by atoms with Crippen LogP contribution in [0.4, 0.5) is 4.39 Å². The molecule has 2 aromatic rings. The second-order valence-electron chi connectivity index (χ2n) is 8.15. The average molecular weight is 415 g/mol. The summed E-state index contributed by atoms with van der Waals surface area (Å²) in [4.78, 5) is 15.7. The van der Waals surface area contributed by atoms with Crippen molar-refractivity contribution in [3.05, 3.63) is 35.3 Å². The summed E-state index contributed by atoms with van der Waals surface area (Å²) in [5.41, 5.74) is 1.30. The quantitative estimate of drug-likeness (QED) is 0.669. The minimum Gasteiger partial charge on any atom is -0.385 e. The van der Waals surface area contributed by atoms with Crippen LogP contribution >= 0.6 is 0 Å². The topological polar surface area (TPSA) is 70.3 Å². The fourth-order valence-corrected chi connectivity index (χ4v) is 4.42. The van der Waals surface area contributed by atoms with Crippen LogP contribution in [0.3, 0.4) is 0 Å². The van der Waals surface area contributed by atoms with E-state index in [0.29, 0.717) is 35.3 Å². The van der Waals surface area contributed by atoms with E-state index < -0.39 is 0 Å². The van der Waals surface area contributed by atoms with Crippen LogP contribution < -0.4 is 5.32 Å². The van der Waals surface area contributed by atoms with E-state index in [9.17, 15) is 14.4 Å². The van der Waals surface area contributed by atoms with Crippen LogP contribution in [0, 0.1) is 17.1 Å². The van der Waals surface area contributed by atoms with Gasteiger partial charge in [0.2, 0.25) is 0 Å². The highest BCUT2D eigenvalue weighted by molar-refractivity contribution is 6.03. The first-order valence-corrected chi connectivity index (χ1v) is 10.7. The molecule has 2 heterocycles. The van der Waals surface area contributed by atoms with Gasteiger partial charge in [-0.1, -0.05) is 0 Å². The van der Waals surface area contributed by atoms with E-state index in [1.54, 1.807) is 13.2 Å². The van der Waals surface area contributed by atoms with E-state index in [1.807, 2.05) is 23.3 Å². The van der Waals surface area contributed by atoms with Gasteiger partial charge in [-0.25, -0.2) is 4.39 Å². The van der Waals surface area contributed by atoms with E-state index in [4.69, 9.17) is 4.74 Å². The van der Waals surface area contributed by atoms with Crippen LogP contribution in [0.15, 0.2) is 18.2 Å². The van der Waals surface area contributed by atoms with E-state index >= 15 is 0 Å². The normalized spacial score (nSPS) is 16.7. The summed E-state index contributed by atoms with van der Waals surface area (Å²) in [6, 6.07) is 6.67. The van der Waals surface area contributed by atoms with Crippen LogP contribution in [0.1, 0.15) is 55.6 Å².